The van der Waals surface area contributed by atoms with E-state index in [0.29, 0.717) is 13.0 Å². The summed E-state index contributed by atoms with van der Waals surface area (Å²) in [5.74, 6) is 0.222. The normalized spacial score (nSPS) is 30.1. The molecule has 0 amide bonds. The lowest BCUT2D eigenvalue weighted by Gasteiger charge is -2.39. The number of hydrogen-bond acceptors (Lipinski definition) is 9. The molecule has 24 heavy (non-hydrogen) atoms. The highest BCUT2D eigenvalue weighted by molar-refractivity contribution is 8.13. The van der Waals surface area contributed by atoms with Crippen LogP contribution in [0.5, 0.6) is 0 Å². The summed E-state index contributed by atoms with van der Waals surface area (Å²) in [6.45, 7) is 2.82. The van der Waals surface area contributed by atoms with Crippen LogP contribution in [0.4, 0.5) is 0 Å². The maximum Gasteiger partial charge on any atom is 0.302 e. The van der Waals surface area contributed by atoms with Crippen molar-refractivity contribution >= 4 is 22.8 Å². The molecular formula is C15H26O8S. The van der Waals surface area contributed by atoms with Gasteiger partial charge in [-0.2, -0.15) is 0 Å². The molecule has 0 radical (unpaired) electrons. The van der Waals surface area contributed by atoms with Crippen molar-refractivity contribution in [2.24, 2.45) is 0 Å². The van der Waals surface area contributed by atoms with Gasteiger partial charge in [0.2, 0.25) is 0 Å². The summed E-state index contributed by atoms with van der Waals surface area (Å²) in [5, 5.41) is 29.7. The van der Waals surface area contributed by atoms with Gasteiger partial charge in [-0.1, -0.05) is 18.2 Å². The van der Waals surface area contributed by atoms with Crippen molar-refractivity contribution in [2.45, 2.75) is 63.8 Å². The second-order valence-electron chi connectivity index (χ2n) is 5.59. The molecule has 1 saturated heterocycles. The van der Waals surface area contributed by atoms with E-state index in [2.05, 4.69) is 0 Å². The van der Waals surface area contributed by atoms with Crippen LogP contribution in [-0.4, -0.2) is 76.1 Å². The molecular weight excluding hydrogens is 340 g/mol. The highest BCUT2D eigenvalue weighted by atomic mass is 32.2. The van der Waals surface area contributed by atoms with E-state index in [0.717, 1.165) is 18.6 Å². The molecule has 3 N–H and O–H groups in total. The fourth-order valence-corrected chi connectivity index (χ4v) is 2.82. The van der Waals surface area contributed by atoms with Gasteiger partial charge in [0.15, 0.2) is 11.4 Å². The van der Waals surface area contributed by atoms with Crippen molar-refractivity contribution in [1.82, 2.24) is 0 Å². The molecule has 0 aromatic rings. The second kappa shape index (κ2) is 11.0. The first kappa shape index (κ1) is 21.3. The molecule has 1 aliphatic rings. The number of esters is 1. The van der Waals surface area contributed by atoms with Crippen molar-refractivity contribution in [2.75, 3.05) is 19.0 Å². The maximum absolute atomic E-state index is 10.8. The SMILES string of the molecule is CC(=O)OCC1O[C@@H](OCCCCCSC(C)=O)[C@@H](O)C(O)[C@H]1O. The molecule has 0 aromatic carbocycles. The fourth-order valence-electron chi connectivity index (χ4n) is 2.19. The Hall–Kier alpha value is -0.710. The lowest BCUT2D eigenvalue weighted by Crippen LogP contribution is -2.59. The van der Waals surface area contributed by atoms with Gasteiger partial charge in [-0.25, -0.2) is 0 Å². The molecule has 1 fully saturated rings. The Morgan fingerprint density at radius 1 is 1.04 bits per heavy atom. The lowest BCUT2D eigenvalue weighted by molar-refractivity contribution is -0.301. The molecule has 1 heterocycles. The number of carbonyl (C=O) groups excluding carboxylic acids is 2. The Balaban J connectivity index is 2.31. The van der Waals surface area contributed by atoms with E-state index >= 15 is 0 Å². The first-order valence-electron chi connectivity index (χ1n) is 7.91. The highest BCUT2D eigenvalue weighted by Gasteiger charge is 2.44. The predicted molar refractivity (Wildman–Crippen MR) is 86.3 cm³/mol. The van der Waals surface area contributed by atoms with Gasteiger partial charge in [0.1, 0.15) is 31.0 Å². The molecule has 0 bridgehead atoms. The molecule has 0 saturated carbocycles. The van der Waals surface area contributed by atoms with Gasteiger partial charge in [0, 0.05) is 26.2 Å². The largest absolute Gasteiger partial charge is 0.463 e. The molecule has 8 nitrogen and oxygen atoms in total. The van der Waals surface area contributed by atoms with Gasteiger partial charge < -0.3 is 29.5 Å². The molecule has 1 rings (SSSR count). The summed E-state index contributed by atoms with van der Waals surface area (Å²) >= 11 is 1.28. The Morgan fingerprint density at radius 3 is 2.38 bits per heavy atom. The number of rotatable bonds is 9. The molecule has 140 valence electrons. The Bertz CT molecular complexity index is 405. The number of carbonyl (C=O) groups is 2. The summed E-state index contributed by atoms with van der Waals surface area (Å²) in [6, 6.07) is 0. The minimum atomic E-state index is -1.45. The van der Waals surface area contributed by atoms with Crippen LogP contribution < -0.4 is 0 Å². The van der Waals surface area contributed by atoms with Gasteiger partial charge in [-0.3, -0.25) is 9.59 Å². The third kappa shape index (κ3) is 7.45. The van der Waals surface area contributed by atoms with Gasteiger partial charge in [-0.05, 0) is 12.8 Å². The minimum Gasteiger partial charge on any atom is -0.463 e. The van der Waals surface area contributed by atoms with E-state index in [1.807, 2.05) is 0 Å². The van der Waals surface area contributed by atoms with Crippen LogP contribution in [-0.2, 0) is 23.8 Å². The molecule has 0 spiro atoms. The number of ether oxygens (including phenoxy) is 3. The van der Waals surface area contributed by atoms with E-state index in [1.165, 1.54) is 25.6 Å². The van der Waals surface area contributed by atoms with Gasteiger partial charge in [-0.15, -0.1) is 0 Å². The first-order chi connectivity index (χ1) is 11.3. The van der Waals surface area contributed by atoms with Crippen molar-refractivity contribution < 1.29 is 39.1 Å². The van der Waals surface area contributed by atoms with Crippen molar-refractivity contribution in [3.8, 4) is 0 Å². The van der Waals surface area contributed by atoms with Crippen molar-refractivity contribution in [1.29, 1.82) is 0 Å². The van der Waals surface area contributed by atoms with Gasteiger partial charge in [0.05, 0.1) is 0 Å². The summed E-state index contributed by atoms with van der Waals surface area (Å²) in [6.07, 6.45) is -3.84. The number of aliphatic hydroxyl groups excluding tert-OH is 3. The Morgan fingerprint density at radius 2 is 1.75 bits per heavy atom. The van der Waals surface area contributed by atoms with Gasteiger partial charge >= 0.3 is 5.97 Å². The zero-order valence-corrected chi connectivity index (χ0v) is 14.7. The number of hydrogen-bond donors (Lipinski definition) is 3. The third-order valence-electron chi connectivity index (χ3n) is 3.50. The summed E-state index contributed by atoms with van der Waals surface area (Å²) in [7, 11) is 0. The molecule has 5 atom stereocenters. The summed E-state index contributed by atoms with van der Waals surface area (Å²) in [4.78, 5) is 21.6. The van der Waals surface area contributed by atoms with Crippen LogP contribution in [0.3, 0.4) is 0 Å². The molecule has 9 heteroatoms. The maximum atomic E-state index is 10.8. The van der Waals surface area contributed by atoms with Crippen LogP contribution in [0.15, 0.2) is 0 Å². The average molecular weight is 366 g/mol. The average Bonchev–Trinajstić information content (AvgIpc) is 2.52. The van der Waals surface area contributed by atoms with Crippen molar-refractivity contribution in [3.63, 3.8) is 0 Å². The summed E-state index contributed by atoms with van der Waals surface area (Å²) < 4.78 is 15.6. The van der Waals surface area contributed by atoms with Crippen LogP contribution >= 0.6 is 11.8 Å². The van der Waals surface area contributed by atoms with Crippen LogP contribution in [0, 0.1) is 0 Å². The topological polar surface area (TPSA) is 123 Å². The predicted octanol–water partition coefficient (Wildman–Crippen LogP) is -0.176. The van der Waals surface area contributed by atoms with E-state index in [-0.39, 0.29) is 11.7 Å². The molecule has 1 aliphatic heterocycles. The number of aliphatic hydroxyl groups is 3. The fraction of sp³-hybridized carbons (Fsp3) is 0.867. The van der Waals surface area contributed by atoms with E-state index in [9.17, 15) is 24.9 Å². The monoisotopic (exact) mass is 366 g/mol. The van der Waals surface area contributed by atoms with Crippen LogP contribution in [0.2, 0.25) is 0 Å². The quantitative estimate of drug-likeness (QED) is 0.377. The second-order valence-corrected chi connectivity index (χ2v) is 6.86. The van der Waals surface area contributed by atoms with Gasteiger partial charge in [0.25, 0.3) is 0 Å². The smallest absolute Gasteiger partial charge is 0.302 e. The number of unbranched alkanes of at least 4 members (excludes halogenated alkanes) is 2. The van der Waals surface area contributed by atoms with E-state index in [1.54, 1.807) is 0 Å². The van der Waals surface area contributed by atoms with E-state index in [4.69, 9.17) is 14.2 Å². The number of thioether (sulfide) groups is 1. The van der Waals surface area contributed by atoms with Crippen LogP contribution in [0.25, 0.3) is 0 Å². The molecule has 2 unspecified atom stereocenters. The van der Waals surface area contributed by atoms with Crippen LogP contribution in [0.1, 0.15) is 33.1 Å². The zero-order chi connectivity index (χ0) is 18.1. The van der Waals surface area contributed by atoms with E-state index < -0.39 is 36.7 Å². The first-order valence-corrected chi connectivity index (χ1v) is 8.89. The Labute approximate surface area is 145 Å². The lowest BCUT2D eigenvalue weighted by atomic mass is 9.99. The third-order valence-corrected chi connectivity index (χ3v) is 4.39. The zero-order valence-electron chi connectivity index (χ0n) is 13.9. The summed E-state index contributed by atoms with van der Waals surface area (Å²) in [5.41, 5.74) is 0. The highest BCUT2D eigenvalue weighted by Crippen LogP contribution is 2.22. The molecule has 0 aromatic heterocycles. The standard InChI is InChI=1S/C15H26O8S/c1-9(16)22-8-11-12(18)13(19)14(20)15(23-11)21-6-4-3-5-7-24-10(2)17/h11-15,18-20H,3-8H2,1-2H3/t11?,12-,13?,14-,15+/m0/s1. The van der Waals surface area contributed by atoms with Crippen molar-refractivity contribution in [3.05, 3.63) is 0 Å². The Kier molecular flexibility index (Phi) is 9.79. The minimum absolute atomic E-state index is 0.0938. The molecule has 0 aliphatic carbocycles.